The number of H-pyrrole nitrogens is 1. The highest BCUT2D eigenvalue weighted by atomic mass is 32.1. The Labute approximate surface area is 148 Å². The van der Waals surface area contributed by atoms with Crippen molar-refractivity contribution >= 4 is 33.3 Å². The Hall–Kier alpha value is -2.99. The van der Waals surface area contributed by atoms with E-state index in [0.29, 0.717) is 18.0 Å². The minimum atomic E-state index is -0.0505. The number of aromatic amines is 1. The Morgan fingerprint density at radius 2 is 2.04 bits per heavy atom. The molecule has 3 heterocycles. The van der Waals surface area contributed by atoms with Gasteiger partial charge in [-0.2, -0.15) is 0 Å². The van der Waals surface area contributed by atoms with Gasteiger partial charge < -0.3 is 10.3 Å². The van der Waals surface area contributed by atoms with Crippen LogP contribution in [0.2, 0.25) is 0 Å². The quantitative estimate of drug-likeness (QED) is 0.566. The number of pyridine rings is 1. The summed E-state index contributed by atoms with van der Waals surface area (Å²) in [6.45, 7) is 0. The van der Waals surface area contributed by atoms with Gasteiger partial charge in [0, 0.05) is 46.4 Å². The van der Waals surface area contributed by atoms with Crippen LogP contribution in [-0.4, -0.2) is 20.9 Å². The first kappa shape index (κ1) is 15.5. The van der Waals surface area contributed by atoms with E-state index in [1.165, 1.54) is 11.3 Å². The fourth-order valence-electron chi connectivity index (χ4n) is 2.71. The van der Waals surface area contributed by atoms with Crippen molar-refractivity contribution in [1.82, 2.24) is 15.0 Å². The maximum atomic E-state index is 12.1. The molecule has 124 valence electrons. The molecule has 4 aromatic rings. The number of amides is 1. The van der Waals surface area contributed by atoms with E-state index in [-0.39, 0.29) is 5.91 Å². The predicted octanol–water partition coefficient (Wildman–Crippen LogP) is 4.26. The van der Waals surface area contributed by atoms with Crippen molar-refractivity contribution in [3.05, 3.63) is 65.9 Å². The number of rotatable bonds is 5. The van der Waals surface area contributed by atoms with Crippen LogP contribution in [0.15, 0.2) is 60.2 Å². The number of carbonyl (C=O) groups is 1. The molecular formula is C19H16N4OS. The second kappa shape index (κ2) is 6.86. The Morgan fingerprint density at radius 1 is 1.16 bits per heavy atom. The molecule has 0 aliphatic rings. The van der Waals surface area contributed by atoms with Gasteiger partial charge in [-0.15, -0.1) is 11.3 Å². The largest absolute Gasteiger partial charge is 0.360 e. The molecule has 0 saturated heterocycles. The third-order valence-corrected chi connectivity index (χ3v) is 4.71. The number of hydrogen-bond donors (Lipinski definition) is 2. The molecule has 1 aromatic carbocycles. The topological polar surface area (TPSA) is 70.7 Å². The first-order chi connectivity index (χ1) is 12.3. The van der Waals surface area contributed by atoms with Crippen molar-refractivity contribution in [1.29, 1.82) is 0 Å². The number of aromatic nitrogens is 3. The summed E-state index contributed by atoms with van der Waals surface area (Å²) in [7, 11) is 0. The minimum Gasteiger partial charge on any atom is -0.360 e. The zero-order valence-electron chi connectivity index (χ0n) is 13.4. The molecule has 2 N–H and O–H groups in total. The Morgan fingerprint density at radius 3 is 2.92 bits per heavy atom. The SMILES string of the molecule is O=C(CCc1ccccn1)Nc1nc(-c2c[nH]c3ccccc23)cs1. The summed E-state index contributed by atoms with van der Waals surface area (Å²) in [6, 6.07) is 13.8. The highest BCUT2D eigenvalue weighted by Crippen LogP contribution is 2.30. The van der Waals surface area contributed by atoms with Gasteiger partial charge in [-0.1, -0.05) is 24.3 Å². The lowest BCUT2D eigenvalue weighted by Crippen LogP contribution is -2.12. The molecule has 6 heteroatoms. The van der Waals surface area contributed by atoms with E-state index in [0.717, 1.165) is 27.9 Å². The monoisotopic (exact) mass is 348 g/mol. The maximum absolute atomic E-state index is 12.1. The Balaban J connectivity index is 1.44. The molecule has 0 aliphatic heterocycles. The average molecular weight is 348 g/mol. The summed E-state index contributed by atoms with van der Waals surface area (Å²) in [6.07, 6.45) is 4.69. The van der Waals surface area contributed by atoms with Gasteiger partial charge in [0.2, 0.25) is 5.91 Å². The van der Waals surface area contributed by atoms with Gasteiger partial charge in [-0.25, -0.2) is 4.98 Å². The van der Waals surface area contributed by atoms with Crippen LogP contribution in [0.3, 0.4) is 0 Å². The van der Waals surface area contributed by atoms with E-state index >= 15 is 0 Å². The van der Waals surface area contributed by atoms with E-state index in [2.05, 4.69) is 26.3 Å². The van der Waals surface area contributed by atoms with Crippen molar-refractivity contribution in [2.75, 3.05) is 5.32 Å². The standard InChI is InChI=1S/C19H16N4OS/c24-18(9-8-13-5-3-4-10-20-13)23-19-22-17(12-25-19)15-11-21-16-7-2-1-6-14(15)16/h1-7,10-12,21H,8-9H2,(H,22,23,24). The van der Waals surface area contributed by atoms with Gasteiger partial charge in [0.1, 0.15) is 0 Å². The molecule has 0 atom stereocenters. The average Bonchev–Trinajstić information content (AvgIpc) is 3.27. The summed E-state index contributed by atoms with van der Waals surface area (Å²) < 4.78 is 0. The fourth-order valence-corrected chi connectivity index (χ4v) is 3.43. The van der Waals surface area contributed by atoms with Crippen LogP contribution in [0.4, 0.5) is 5.13 Å². The van der Waals surface area contributed by atoms with Gasteiger partial charge in [-0.3, -0.25) is 9.78 Å². The third-order valence-electron chi connectivity index (χ3n) is 3.95. The molecule has 4 rings (SSSR count). The van der Waals surface area contributed by atoms with Gasteiger partial charge in [0.05, 0.1) is 5.69 Å². The summed E-state index contributed by atoms with van der Waals surface area (Å²) in [5.74, 6) is -0.0505. The van der Waals surface area contributed by atoms with Crippen LogP contribution in [0, 0.1) is 0 Å². The number of nitrogens with one attached hydrogen (secondary N) is 2. The molecule has 25 heavy (non-hydrogen) atoms. The third kappa shape index (κ3) is 3.44. The molecule has 0 spiro atoms. The number of hydrogen-bond acceptors (Lipinski definition) is 4. The van der Waals surface area contributed by atoms with Crippen LogP contribution in [-0.2, 0) is 11.2 Å². The fraction of sp³-hybridized carbons (Fsp3) is 0.105. The van der Waals surface area contributed by atoms with Gasteiger partial charge in [-0.05, 0) is 24.6 Å². The molecule has 1 amide bonds. The number of anilines is 1. The smallest absolute Gasteiger partial charge is 0.226 e. The minimum absolute atomic E-state index is 0.0505. The molecule has 0 aliphatic carbocycles. The van der Waals surface area contributed by atoms with E-state index in [1.54, 1.807) is 6.20 Å². The van der Waals surface area contributed by atoms with Crippen LogP contribution < -0.4 is 5.32 Å². The molecule has 5 nitrogen and oxygen atoms in total. The van der Waals surface area contributed by atoms with Crippen molar-refractivity contribution in [2.45, 2.75) is 12.8 Å². The lowest BCUT2D eigenvalue weighted by Gasteiger charge is -2.01. The number of benzene rings is 1. The van der Waals surface area contributed by atoms with Gasteiger partial charge in [0.15, 0.2) is 5.13 Å². The Bertz CT molecular complexity index is 1010. The second-order valence-electron chi connectivity index (χ2n) is 5.66. The van der Waals surface area contributed by atoms with E-state index < -0.39 is 0 Å². The molecule has 0 unspecified atom stereocenters. The molecule has 0 radical (unpaired) electrons. The summed E-state index contributed by atoms with van der Waals surface area (Å²) in [5.41, 5.74) is 3.89. The van der Waals surface area contributed by atoms with Crippen molar-refractivity contribution in [3.63, 3.8) is 0 Å². The number of carbonyl (C=O) groups excluding carboxylic acids is 1. The first-order valence-corrected chi connectivity index (χ1v) is 8.89. The highest BCUT2D eigenvalue weighted by Gasteiger charge is 2.11. The summed E-state index contributed by atoms with van der Waals surface area (Å²) >= 11 is 1.43. The van der Waals surface area contributed by atoms with E-state index in [4.69, 9.17) is 0 Å². The van der Waals surface area contributed by atoms with Crippen LogP contribution in [0.5, 0.6) is 0 Å². The predicted molar refractivity (Wildman–Crippen MR) is 101 cm³/mol. The highest BCUT2D eigenvalue weighted by molar-refractivity contribution is 7.14. The molecule has 0 bridgehead atoms. The lowest BCUT2D eigenvalue weighted by atomic mass is 10.1. The molecular weight excluding hydrogens is 332 g/mol. The Kier molecular flexibility index (Phi) is 4.26. The van der Waals surface area contributed by atoms with E-state index in [1.807, 2.05) is 48.0 Å². The van der Waals surface area contributed by atoms with E-state index in [9.17, 15) is 4.79 Å². The molecule has 0 saturated carbocycles. The van der Waals surface area contributed by atoms with Crippen LogP contribution >= 0.6 is 11.3 Å². The van der Waals surface area contributed by atoms with Crippen molar-refractivity contribution in [2.24, 2.45) is 0 Å². The van der Waals surface area contributed by atoms with Crippen molar-refractivity contribution < 1.29 is 4.79 Å². The van der Waals surface area contributed by atoms with Gasteiger partial charge in [0.25, 0.3) is 0 Å². The summed E-state index contributed by atoms with van der Waals surface area (Å²) in [4.78, 5) is 24.1. The van der Waals surface area contributed by atoms with Crippen LogP contribution in [0.1, 0.15) is 12.1 Å². The number of fused-ring (bicyclic) bond motifs is 1. The maximum Gasteiger partial charge on any atom is 0.226 e. The first-order valence-electron chi connectivity index (χ1n) is 8.01. The molecule has 0 fully saturated rings. The number of aryl methyl sites for hydroxylation is 1. The van der Waals surface area contributed by atoms with Crippen LogP contribution in [0.25, 0.3) is 22.2 Å². The lowest BCUT2D eigenvalue weighted by molar-refractivity contribution is -0.116. The number of para-hydroxylation sites is 1. The zero-order chi connectivity index (χ0) is 17.1. The van der Waals surface area contributed by atoms with Crippen molar-refractivity contribution in [3.8, 4) is 11.3 Å². The molecule has 3 aromatic heterocycles. The zero-order valence-corrected chi connectivity index (χ0v) is 14.2. The summed E-state index contributed by atoms with van der Waals surface area (Å²) in [5, 5.41) is 6.58. The second-order valence-corrected chi connectivity index (χ2v) is 6.51. The number of nitrogens with zero attached hydrogens (tertiary/aromatic N) is 2. The van der Waals surface area contributed by atoms with Gasteiger partial charge >= 0.3 is 0 Å². The number of thiazole rings is 1. The normalized spacial score (nSPS) is 10.9.